The third kappa shape index (κ3) is 3.99. The molecule has 10 heteroatoms. The van der Waals surface area contributed by atoms with Gasteiger partial charge in [0, 0.05) is 35.9 Å². The van der Waals surface area contributed by atoms with Gasteiger partial charge in [-0.05, 0) is 18.2 Å². The fourth-order valence-corrected chi connectivity index (χ4v) is 2.17. The van der Waals surface area contributed by atoms with Crippen LogP contribution in [0.5, 0.6) is 5.75 Å². The molecule has 3 N–H and O–H groups in total. The summed E-state index contributed by atoms with van der Waals surface area (Å²) >= 11 is 0. The molecule has 0 saturated carbocycles. The van der Waals surface area contributed by atoms with Gasteiger partial charge in [0.05, 0.1) is 22.6 Å². The summed E-state index contributed by atoms with van der Waals surface area (Å²) in [6.45, 7) is -0.00706. The van der Waals surface area contributed by atoms with Gasteiger partial charge < -0.3 is 15.8 Å². The molecule has 0 heterocycles. The van der Waals surface area contributed by atoms with Crippen LogP contribution in [0.25, 0.3) is 0 Å². The number of hydrogen-bond acceptors (Lipinski definition) is 7. The number of nitro benzene ring substituents is 2. The minimum absolute atomic E-state index is 0.00706. The topological polar surface area (TPSA) is 151 Å². The number of nitrogens with zero attached hydrogens (tertiary/aromatic N) is 2. The van der Waals surface area contributed by atoms with Gasteiger partial charge in [0.2, 0.25) is 5.91 Å². The summed E-state index contributed by atoms with van der Waals surface area (Å²) in [7, 11) is 1.40. The lowest BCUT2D eigenvalue weighted by atomic mass is 10.1. The Morgan fingerprint density at radius 2 is 1.88 bits per heavy atom. The SMILES string of the molecule is COc1ccc([N+](=O)[O-])cc1NCc1ccc(C(N)=O)cc1[N+](=O)[O-]. The van der Waals surface area contributed by atoms with Gasteiger partial charge in [-0.1, -0.05) is 0 Å². The third-order valence-corrected chi connectivity index (χ3v) is 3.43. The van der Waals surface area contributed by atoms with E-state index < -0.39 is 15.8 Å². The van der Waals surface area contributed by atoms with E-state index in [1.54, 1.807) is 0 Å². The molecule has 0 unspecified atom stereocenters. The Morgan fingerprint density at radius 1 is 1.16 bits per heavy atom. The molecule has 0 spiro atoms. The highest BCUT2D eigenvalue weighted by atomic mass is 16.6. The van der Waals surface area contributed by atoms with Gasteiger partial charge in [-0.25, -0.2) is 0 Å². The maximum Gasteiger partial charge on any atom is 0.275 e. The van der Waals surface area contributed by atoms with E-state index in [4.69, 9.17) is 10.5 Å². The second-order valence-corrected chi connectivity index (χ2v) is 4.96. The highest BCUT2D eigenvalue weighted by molar-refractivity contribution is 5.93. The van der Waals surface area contributed by atoms with Gasteiger partial charge >= 0.3 is 0 Å². The number of benzene rings is 2. The number of ether oxygens (including phenoxy) is 1. The Balaban J connectivity index is 2.32. The third-order valence-electron chi connectivity index (χ3n) is 3.43. The molecular formula is C15H14N4O6. The largest absolute Gasteiger partial charge is 0.495 e. The molecule has 0 aliphatic rings. The highest BCUT2D eigenvalue weighted by Crippen LogP contribution is 2.30. The van der Waals surface area contributed by atoms with Gasteiger partial charge in [0.15, 0.2) is 0 Å². The summed E-state index contributed by atoms with van der Waals surface area (Å²) in [6.07, 6.45) is 0. The lowest BCUT2D eigenvalue weighted by molar-refractivity contribution is -0.385. The summed E-state index contributed by atoms with van der Waals surface area (Å²) in [4.78, 5) is 32.0. The van der Waals surface area contributed by atoms with Crippen LogP contribution in [-0.2, 0) is 6.54 Å². The molecule has 2 aromatic rings. The van der Waals surface area contributed by atoms with E-state index in [1.807, 2.05) is 0 Å². The van der Waals surface area contributed by atoms with Crippen molar-refractivity contribution in [1.29, 1.82) is 0 Å². The van der Waals surface area contributed by atoms with Crippen molar-refractivity contribution in [3.63, 3.8) is 0 Å². The molecule has 2 rings (SSSR count). The fourth-order valence-electron chi connectivity index (χ4n) is 2.17. The zero-order valence-corrected chi connectivity index (χ0v) is 13.1. The first-order valence-corrected chi connectivity index (χ1v) is 6.97. The standard InChI is InChI=1S/C15H14N4O6/c1-25-14-5-4-11(18(21)22)7-12(14)17-8-10-3-2-9(15(16)20)6-13(10)19(23)24/h2-7,17H,8H2,1H3,(H2,16,20). The molecule has 0 aliphatic carbocycles. The van der Waals surface area contributed by atoms with E-state index in [1.165, 1.54) is 37.4 Å². The number of primary amides is 1. The van der Waals surface area contributed by atoms with Crippen LogP contribution >= 0.6 is 0 Å². The number of non-ortho nitro benzene ring substituents is 1. The molecule has 0 fully saturated rings. The first kappa shape index (κ1) is 17.7. The van der Waals surface area contributed by atoms with Crippen molar-refractivity contribution in [1.82, 2.24) is 0 Å². The molecule has 0 aliphatic heterocycles. The zero-order chi connectivity index (χ0) is 18.6. The molecule has 130 valence electrons. The molecule has 0 saturated heterocycles. The van der Waals surface area contributed by atoms with Crippen LogP contribution in [0.1, 0.15) is 15.9 Å². The van der Waals surface area contributed by atoms with Crippen LogP contribution in [0.4, 0.5) is 17.1 Å². The normalized spacial score (nSPS) is 10.1. The zero-order valence-electron chi connectivity index (χ0n) is 13.1. The second kappa shape index (κ2) is 7.25. The van der Waals surface area contributed by atoms with E-state index in [2.05, 4.69) is 5.32 Å². The number of anilines is 1. The molecule has 25 heavy (non-hydrogen) atoms. The number of amides is 1. The summed E-state index contributed by atoms with van der Waals surface area (Å²) in [5.74, 6) is -0.426. The predicted octanol–water partition coefficient (Wildman–Crippen LogP) is 2.22. The average Bonchev–Trinajstić information content (AvgIpc) is 2.59. The molecular weight excluding hydrogens is 332 g/mol. The molecule has 1 amide bonds. The highest BCUT2D eigenvalue weighted by Gasteiger charge is 2.17. The number of rotatable bonds is 7. The first-order valence-electron chi connectivity index (χ1n) is 6.97. The predicted molar refractivity (Wildman–Crippen MR) is 88.6 cm³/mol. The van der Waals surface area contributed by atoms with Gasteiger partial charge in [-0.15, -0.1) is 0 Å². The van der Waals surface area contributed by atoms with Gasteiger partial charge in [0.1, 0.15) is 5.75 Å². The van der Waals surface area contributed by atoms with Crippen molar-refractivity contribution in [2.24, 2.45) is 5.73 Å². The minimum Gasteiger partial charge on any atom is -0.495 e. The average molecular weight is 346 g/mol. The van der Waals surface area contributed by atoms with E-state index in [0.29, 0.717) is 11.4 Å². The smallest absolute Gasteiger partial charge is 0.275 e. The monoisotopic (exact) mass is 346 g/mol. The van der Waals surface area contributed by atoms with Crippen LogP contribution in [0.2, 0.25) is 0 Å². The summed E-state index contributed by atoms with van der Waals surface area (Å²) < 4.78 is 5.12. The maximum atomic E-state index is 11.2. The number of nitro groups is 2. The van der Waals surface area contributed by atoms with Crippen molar-refractivity contribution >= 4 is 23.0 Å². The number of nitrogens with two attached hydrogens (primary N) is 1. The Hall–Kier alpha value is -3.69. The maximum absolute atomic E-state index is 11.2. The van der Waals surface area contributed by atoms with E-state index >= 15 is 0 Å². The van der Waals surface area contributed by atoms with E-state index in [9.17, 15) is 25.0 Å². The van der Waals surface area contributed by atoms with Crippen molar-refractivity contribution in [3.8, 4) is 5.75 Å². The first-order chi connectivity index (χ1) is 11.8. The molecule has 0 aromatic heterocycles. The minimum atomic E-state index is -0.775. The number of methoxy groups -OCH3 is 1. The number of hydrogen-bond donors (Lipinski definition) is 2. The summed E-state index contributed by atoms with van der Waals surface area (Å²) in [5.41, 5.74) is 5.30. The van der Waals surface area contributed by atoms with Crippen molar-refractivity contribution < 1.29 is 19.4 Å². The van der Waals surface area contributed by atoms with Crippen LogP contribution < -0.4 is 15.8 Å². The van der Waals surface area contributed by atoms with E-state index in [0.717, 1.165) is 6.07 Å². The lowest BCUT2D eigenvalue weighted by Gasteiger charge is -2.11. The molecule has 10 nitrogen and oxygen atoms in total. The van der Waals surface area contributed by atoms with Crippen LogP contribution in [0, 0.1) is 20.2 Å². The van der Waals surface area contributed by atoms with Crippen LogP contribution in [-0.4, -0.2) is 22.9 Å². The van der Waals surface area contributed by atoms with Crippen molar-refractivity contribution in [2.45, 2.75) is 6.54 Å². The summed E-state index contributed by atoms with van der Waals surface area (Å²) in [5, 5.41) is 24.9. The van der Waals surface area contributed by atoms with Crippen molar-refractivity contribution in [3.05, 3.63) is 67.8 Å². The molecule has 0 atom stereocenters. The number of carbonyl (C=O) groups is 1. The Kier molecular flexibility index (Phi) is 5.12. The van der Waals surface area contributed by atoms with Gasteiger partial charge in [-0.2, -0.15) is 0 Å². The number of nitrogens with one attached hydrogen (secondary N) is 1. The van der Waals surface area contributed by atoms with Crippen molar-refractivity contribution in [2.75, 3.05) is 12.4 Å². The Labute approximate surface area is 141 Å². The Bertz CT molecular complexity index is 852. The van der Waals surface area contributed by atoms with Gasteiger partial charge in [0.25, 0.3) is 11.4 Å². The van der Waals surface area contributed by atoms with Crippen LogP contribution in [0.3, 0.4) is 0 Å². The van der Waals surface area contributed by atoms with E-state index in [-0.39, 0.29) is 29.0 Å². The summed E-state index contributed by atoms with van der Waals surface area (Å²) in [6, 6.07) is 7.83. The van der Waals surface area contributed by atoms with Crippen LogP contribution in [0.15, 0.2) is 36.4 Å². The lowest BCUT2D eigenvalue weighted by Crippen LogP contribution is -2.12. The Morgan fingerprint density at radius 3 is 2.44 bits per heavy atom. The molecule has 2 aromatic carbocycles. The quantitative estimate of drug-likeness (QED) is 0.576. The van der Waals surface area contributed by atoms with Gasteiger partial charge in [-0.3, -0.25) is 25.0 Å². The second-order valence-electron chi connectivity index (χ2n) is 4.96. The molecule has 0 radical (unpaired) electrons. The fraction of sp³-hybridized carbons (Fsp3) is 0.133. The molecule has 0 bridgehead atoms. The number of carbonyl (C=O) groups excluding carboxylic acids is 1.